The first-order chi connectivity index (χ1) is 8.76. The zero-order valence-electron chi connectivity index (χ0n) is 10.1. The number of halogens is 1. The highest BCUT2D eigenvalue weighted by Gasteiger charge is 2.22. The minimum atomic E-state index is -1.47. The normalized spacial score (nSPS) is 13.7. The SMILES string of the molecule is CC(O)(CO)CNC(=O)c1cc([N+](=O)[O-])ccc1Cl. The highest BCUT2D eigenvalue weighted by atomic mass is 35.5. The Morgan fingerprint density at radius 2 is 2.21 bits per heavy atom. The van der Waals surface area contributed by atoms with Crippen LogP contribution in [0.2, 0.25) is 5.02 Å². The molecule has 0 heterocycles. The van der Waals surface area contributed by atoms with Crippen LogP contribution in [-0.2, 0) is 0 Å². The van der Waals surface area contributed by atoms with Crippen LogP contribution in [0.25, 0.3) is 0 Å². The molecule has 1 amide bonds. The molecular weight excluding hydrogens is 276 g/mol. The average Bonchev–Trinajstić information content (AvgIpc) is 2.36. The number of non-ortho nitro benzene ring substituents is 1. The number of carbonyl (C=O) groups is 1. The summed E-state index contributed by atoms with van der Waals surface area (Å²) < 4.78 is 0. The lowest BCUT2D eigenvalue weighted by molar-refractivity contribution is -0.384. The van der Waals surface area contributed by atoms with Gasteiger partial charge in [0.1, 0.15) is 5.60 Å². The molecule has 104 valence electrons. The number of nitro benzene ring substituents is 1. The first-order valence-electron chi connectivity index (χ1n) is 5.32. The number of nitrogens with one attached hydrogen (secondary N) is 1. The van der Waals surface area contributed by atoms with Crippen LogP contribution < -0.4 is 5.32 Å². The van der Waals surface area contributed by atoms with Gasteiger partial charge < -0.3 is 15.5 Å². The molecule has 0 aliphatic rings. The summed E-state index contributed by atoms with van der Waals surface area (Å²) in [6.45, 7) is 0.597. The number of aliphatic hydroxyl groups is 2. The molecule has 8 heteroatoms. The number of hydrogen-bond donors (Lipinski definition) is 3. The van der Waals surface area contributed by atoms with Crippen LogP contribution in [0.1, 0.15) is 17.3 Å². The topological polar surface area (TPSA) is 113 Å². The number of aliphatic hydroxyl groups excluding tert-OH is 1. The number of benzene rings is 1. The maximum atomic E-state index is 11.8. The van der Waals surface area contributed by atoms with Crippen LogP contribution in [0.3, 0.4) is 0 Å². The van der Waals surface area contributed by atoms with Crippen molar-refractivity contribution < 1.29 is 19.9 Å². The second-order valence-corrected chi connectivity index (χ2v) is 4.67. The number of rotatable bonds is 5. The molecule has 0 aliphatic heterocycles. The average molecular weight is 289 g/mol. The number of nitrogens with zero attached hydrogens (tertiary/aromatic N) is 1. The molecule has 1 atom stereocenters. The van der Waals surface area contributed by atoms with Crippen molar-refractivity contribution in [2.75, 3.05) is 13.2 Å². The number of nitro groups is 1. The van der Waals surface area contributed by atoms with Crippen molar-refractivity contribution in [3.63, 3.8) is 0 Å². The van der Waals surface area contributed by atoms with Crippen LogP contribution in [0.4, 0.5) is 5.69 Å². The fourth-order valence-corrected chi connectivity index (χ4v) is 1.43. The van der Waals surface area contributed by atoms with E-state index in [2.05, 4.69) is 5.32 Å². The van der Waals surface area contributed by atoms with Gasteiger partial charge in [0, 0.05) is 18.7 Å². The summed E-state index contributed by atoms with van der Waals surface area (Å²) >= 11 is 5.78. The summed E-state index contributed by atoms with van der Waals surface area (Å²) in [5.41, 5.74) is -1.80. The quantitative estimate of drug-likeness (QED) is 0.546. The van der Waals surface area contributed by atoms with Crippen LogP contribution >= 0.6 is 11.6 Å². The molecule has 1 aromatic rings. The van der Waals surface area contributed by atoms with E-state index in [-0.39, 0.29) is 22.8 Å². The molecular formula is C11H13ClN2O5. The van der Waals surface area contributed by atoms with Crippen LogP contribution in [0.5, 0.6) is 0 Å². The van der Waals surface area contributed by atoms with E-state index < -0.39 is 23.0 Å². The first-order valence-corrected chi connectivity index (χ1v) is 5.70. The van der Waals surface area contributed by atoms with Gasteiger partial charge >= 0.3 is 0 Å². The molecule has 0 aliphatic carbocycles. The zero-order valence-corrected chi connectivity index (χ0v) is 10.8. The standard InChI is InChI=1S/C11H13ClN2O5/c1-11(17,6-15)5-13-10(16)8-4-7(14(18)19)2-3-9(8)12/h2-4,15,17H,5-6H2,1H3,(H,13,16). The fourth-order valence-electron chi connectivity index (χ4n) is 1.22. The number of hydrogen-bond acceptors (Lipinski definition) is 5. The van der Waals surface area contributed by atoms with Gasteiger partial charge in [-0.3, -0.25) is 14.9 Å². The summed E-state index contributed by atoms with van der Waals surface area (Å²) in [5.74, 6) is -0.664. The van der Waals surface area contributed by atoms with Gasteiger partial charge in [-0.2, -0.15) is 0 Å². The molecule has 1 aromatic carbocycles. The van der Waals surface area contributed by atoms with Gasteiger partial charge in [-0.25, -0.2) is 0 Å². The van der Waals surface area contributed by atoms with E-state index in [0.29, 0.717) is 0 Å². The lowest BCUT2D eigenvalue weighted by Crippen LogP contribution is -2.43. The Labute approximate surface area is 114 Å². The summed E-state index contributed by atoms with van der Waals surface area (Å²) in [6, 6.07) is 3.48. The zero-order chi connectivity index (χ0) is 14.6. The summed E-state index contributed by atoms with van der Waals surface area (Å²) in [4.78, 5) is 21.8. The molecule has 7 nitrogen and oxygen atoms in total. The molecule has 0 aromatic heterocycles. The highest BCUT2D eigenvalue weighted by molar-refractivity contribution is 6.33. The van der Waals surface area contributed by atoms with Gasteiger partial charge in [0.25, 0.3) is 11.6 Å². The Balaban J connectivity index is 2.88. The Kier molecular flexibility index (Phi) is 4.82. The number of amides is 1. The van der Waals surface area contributed by atoms with Crippen molar-refractivity contribution in [3.05, 3.63) is 38.9 Å². The van der Waals surface area contributed by atoms with Crippen molar-refractivity contribution in [1.29, 1.82) is 0 Å². The molecule has 19 heavy (non-hydrogen) atoms. The predicted octanol–water partition coefficient (Wildman–Crippen LogP) is 0.721. The van der Waals surface area contributed by atoms with Crippen LogP contribution in [-0.4, -0.2) is 39.8 Å². The third-order valence-corrected chi connectivity index (χ3v) is 2.71. The van der Waals surface area contributed by atoms with Crippen molar-refractivity contribution in [1.82, 2.24) is 5.32 Å². The second kappa shape index (κ2) is 5.96. The van der Waals surface area contributed by atoms with E-state index in [0.717, 1.165) is 6.07 Å². The van der Waals surface area contributed by atoms with Gasteiger partial charge in [-0.1, -0.05) is 11.6 Å². The van der Waals surface area contributed by atoms with Crippen molar-refractivity contribution in [3.8, 4) is 0 Å². The molecule has 3 N–H and O–H groups in total. The third kappa shape index (κ3) is 4.16. The minimum Gasteiger partial charge on any atom is -0.393 e. The van der Waals surface area contributed by atoms with E-state index in [1.165, 1.54) is 19.1 Å². The second-order valence-electron chi connectivity index (χ2n) is 4.26. The van der Waals surface area contributed by atoms with Crippen molar-refractivity contribution in [2.24, 2.45) is 0 Å². The molecule has 0 bridgehead atoms. The molecule has 1 rings (SSSR count). The summed E-state index contributed by atoms with van der Waals surface area (Å²) in [7, 11) is 0. The van der Waals surface area contributed by atoms with Gasteiger partial charge in [-0.15, -0.1) is 0 Å². The van der Waals surface area contributed by atoms with Gasteiger partial charge in [0.2, 0.25) is 0 Å². The van der Waals surface area contributed by atoms with E-state index in [1.807, 2.05) is 0 Å². The predicted molar refractivity (Wildman–Crippen MR) is 68.1 cm³/mol. The van der Waals surface area contributed by atoms with E-state index in [4.69, 9.17) is 16.7 Å². The lowest BCUT2D eigenvalue weighted by Gasteiger charge is -2.20. The van der Waals surface area contributed by atoms with Crippen LogP contribution in [0, 0.1) is 10.1 Å². The van der Waals surface area contributed by atoms with Gasteiger partial charge in [0.05, 0.1) is 22.1 Å². The molecule has 0 spiro atoms. The van der Waals surface area contributed by atoms with E-state index >= 15 is 0 Å². The Hall–Kier alpha value is -1.70. The third-order valence-electron chi connectivity index (χ3n) is 2.38. The highest BCUT2D eigenvalue weighted by Crippen LogP contribution is 2.22. The minimum absolute atomic E-state index is 0.0618. The maximum absolute atomic E-state index is 11.8. The monoisotopic (exact) mass is 288 g/mol. The Bertz CT molecular complexity index is 504. The Morgan fingerprint density at radius 3 is 2.74 bits per heavy atom. The van der Waals surface area contributed by atoms with Gasteiger partial charge in [0.15, 0.2) is 0 Å². The van der Waals surface area contributed by atoms with Crippen LogP contribution in [0.15, 0.2) is 18.2 Å². The molecule has 0 saturated heterocycles. The number of carbonyl (C=O) groups excluding carboxylic acids is 1. The maximum Gasteiger partial charge on any atom is 0.270 e. The fraction of sp³-hybridized carbons (Fsp3) is 0.364. The largest absolute Gasteiger partial charge is 0.393 e. The molecule has 0 fully saturated rings. The smallest absolute Gasteiger partial charge is 0.270 e. The van der Waals surface area contributed by atoms with Crippen molar-refractivity contribution >= 4 is 23.2 Å². The molecule has 0 radical (unpaired) electrons. The molecule has 1 unspecified atom stereocenters. The van der Waals surface area contributed by atoms with Crippen molar-refractivity contribution in [2.45, 2.75) is 12.5 Å². The summed E-state index contributed by atoms with van der Waals surface area (Å²) in [5, 5.41) is 31.4. The molecule has 0 saturated carbocycles. The lowest BCUT2D eigenvalue weighted by atomic mass is 10.1. The Morgan fingerprint density at radius 1 is 1.58 bits per heavy atom. The van der Waals surface area contributed by atoms with Gasteiger partial charge in [-0.05, 0) is 13.0 Å². The summed E-state index contributed by atoms with van der Waals surface area (Å²) in [6.07, 6.45) is 0. The first kappa shape index (κ1) is 15.4. The van der Waals surface area contributed by atoms with E-state index in [1.54, 1.807) is 0 Å². The van der Waals surface area contributed by atoms with E-state index in [9.17, 15) is 20.0 Å².